The number of hydrogen-bond donors (Lipinski definition) is 1. The first-order chi connectivity index (χ1) is 13.3. The summed E-state index contributed by atoms with van der Waals surface area (Å²) in [5.74, 6) is 2.58. The third-order valence-corrected chi connectivity index (χ3v) is 4.02. The van der Waals surface area contributed by atoms with Gasteiger partial charge in [-0.05, 0) is 36.8 Å². The fourth-order valence-electron chi connectivity index (χ4n) is 2.66. The summed E-state index contributed by atoms with van der Waals surface area (Å²) >= 11 is 0. The van der Waals surface area contributed by atoms with E-state index in [2.05, 4.69) is 10.4 Å². The molecule has 0 radical (unpaired) electrons. The minimum atomic E-state index is -0.246. The van der Waals surface area contributed by atoms with Crippen LogP contribution in [0.4, 0.5) is 0 Å². The van der Waals surface area contributed by atoms with E-state index < -0.39 is 0 Å². The number of furan rings is 1. The van der Waals surface area contributed by atoms with Gasteiger partial charge in [0.25, 0.3) is 5.91 Å². The summed E-state index contributed by atoms with van der Waals surface area (Å²) in [5.41, 5.74) is 0. The van der Waals surface area contributed by atoms with Crippen molar-refractivity contribution in [1.29, 1.82) is 0 Å². The Morgan fingerprint density at radius 3 is 3.04 bits per heavy atom. The van der Waals surface area contributed by atoms with E-state index in [1.807, 2.05) is 16.9 Å². The molecule has 0 fully saturated rings. The molecule has 140 valence electrons. The van der Waals surface area contributed by atoms with Crippen molar-refractivity contribution in [3.8, 4) is 17.2 Å². The molecule has 1 amide bonds. The van der Waals surface area contributed by atoms with Crippen molar-refractivity contribution in [1.82, 2.24) is 15.1 Å². The van der Waals surface area contributed by atoms with Gasteiger partial charge in [-0.2, -0.15) is 5.10 Å². The van der Waals surface area contributed by atoms with Crippen molar-refractivity contribution >= 4 is 5.91 Å². The zero-order valence-electron chi connectivity index (χ0n) is 14.6. The van der Waals surface area contributed by atoms with E-state index in [9.17, 15) is 4.79 Å². The van der Waals surface area contributed by atoms with Gasteiger partial charge in [0.05, 0.1) is 0 Å². The molecule has 1 N–H and O–H groups in total. The number of ether oxygens (including phenoxy) is 3. The lowest BCUT2D eigenvalue weighted by Gasteiger charge is -2.05. The molecule has 8 nitrogen and oxygen atoms in total. The lowest BCUT2D eigenvalue weighted by Crippen LogP contribution is -2.24. The van der Waals surface area contributed by atoms with Crippen LogP contribution in [0.15, 0.2) is 53.2 Å². The monoisotopic (exact) mass is 369 g/mol. The van der Waals surface area contributed by atoms with Gasteiger partial charge in [0.2, 0.25) is 6.79 Å². The molecule has 27 heavy (non-hydrogen) atoms. The van der Waals surface area contributed by atoms with E-state index in [-0.39, 0.29) is 25.1 Å². The van der Waals surface area contributed by atoms with Gasteiger partial charge >= 0.3 is 0 Å². The number of carbonyl (C=O) groups is 1. The average molecular weight is 369 g/mol. The average Bonchev–Trinajstić information content (AvgIpc) is 3.44. The molecule has 2 aromatic heterocycles. The predicted octanol–water partition coefficient (Wildman–Crippen LogP) is 2.60. The van der Waals surface area contributed by atoms with Gasteiger partial charge in [0, 0.05) is 31.5 Å². The molecule has 0 atom stereocenters. The van der Waals surface area contributed by atoms with Gasteiger partial charge in [-0.25, -0.2) is 0 Å². The third-order valence-electron chi connectivity index (χ3n) is 4.02. The van der Waals surface area contributed by atoms with Gasteiger partial charge in [-0.3, -0.25) is 9.48 Å². The molecule has 0 unspecified atom stereocenters. The zero-order chi connectivity index (χ0) is 18.5. The maximum absolute atomic E-state index is 12.1. The molecule has 0 aliphatic carbocycles. The molecule has 1 aliphatic rings. The smallest absolute Gasteiger partial charge is 0.286 e. The fourth-order valence-corrected chi connectivity index (χ4v) is 2.66. The number of aromatic nitrogens is 2. The molecule has 4 rings (SSSR count). The van der Waals surface area contributed by atoms with Crippen LogP contribution >= 0.6 is 0 Å². The lowest BCUT2D eigenvalue weighted by atomic mass is 10.3. The number of carbonyl (C=O) groups excluding carboxylic acids is 1. The van der Waals surface area contributed by atoms with Crippen LogP contribution in [0, 0.1) is 0 Å². The Labute approximate surface area is 155 Å². The van der Waals surface area contributed by atoms with Gasteiger partial charge in [-0.1, -0.05) is 0 Å². The first-order valence-corrected chi connectivity index (χ1v) is 8.65. The van der Waals surface area contributed by atoms with Crippen molar-refractivity contribution in [2.45, 2.75) is 19.6 Å². The molecule has 1 aromatic carbocycles. The molecular weight excluding hydrogens is 350 g/mol. The van der Waals surface area contributed by atoms with Crippen molar-refractivity contribution < 1.29 is 23.4 Å². The molecule has 3 heterocycles. The highest BCUT2D eigenvalue weighted by Crippen LogP contribution is 2.35. The molecular formula is C19H19N3O5. The van der Waals surface area contributed by atoms with Crippen LogP contribution in [0.3, 0.4) is 0 Å². The van der Waals surface area contributed by atoms with E-state index >= 15 is 0 Å². The number of nitrogens with one attached hydrogen (secondary N) is 1. The zero-order valence-corrected chi connectivity index (χ0v) is 14.6. The van der Waals surface area contributed by atoms with Crippen LogP contribution in [0.5, 0.6) is 17.2 Å². The second kappa shape index (κ2) is 7.86. The van der Waals surface area contributed by atoms with Crippen LogP contribution in [-0.4, -0.2) is 29.0 Å². The van der Waals surface area contributed by atoms with Crippen molar-refractivity contribution in [3.63, 3.8) is 0 Å². The molecule has 0 saturated carbocycles. The first-order valence-electron chi connectivity index (χ1n) is 8.65. The number of aryl methyl sites for hydroxylation is 1. The second-order valence-corrected chi connectivity index (χ2v) is 5.95. The minimum absolute atomic E-state index is 0.215. The fraction of sp³-hybridized carbons (Fsp3) is 0.263. The van der Waals surface area contributed by atoms with E-state index in [4.69, 9.17) is 18.6 Å². The van der Waals surface area contributed by atoms with Crippen molar-refractivity contribution in [2.24, 2.45) is 0 Å². The Morgan fingerprint density at radius 2 is 2.15 bits per heavy atom. The maximum Gasteiger partial charge on any atom is 0.286 e. The van der Waals surface area contributed by atoms with Crippen LogP contribution in [0.2, 0.25) is 0 Å². The van der Waals surface area contributed by atoms with Gasteiger partial charge in [-0.15, -0.1) is 0 Å². The Bertz CT molecular complexity index is 904. The SMILES string of the molecule is O=C(NCCCn1cccn1)c1ccc(COc2ccc3c(c2)OCO3)o1. The quantitative estimate of drug-likeness (QED) is 0.614. The summed E-state index contributed by atoms with van der Waals surface area (Å²) in [4.78, 5) is 12.1. The third kappa shape index (κ3) is 4.22. The van der Waals surface area contributed by atoms with E-state index in [0.717, 1.165) is 13.0 Å². The van der Waals surface area contributed by atoms with Crippen LogP contribution in [0.25, 0.3) is 0 Å². The predicted molar refractivity (Wildman–Crippen MR) is 94.8 cm³/mol. The second-order valence-electron chi connectivity index (χ2n) is 5.95. The van der Waals surface area contributed by atoms with Gasteiger partial charge < -0.3 is 23.9 Å². The van der Waals surface area contributed by atoms with Crippen molar-refractivity contribution in [3.05, 3.63) is 60.3 Å². The summed E-state index contributed by atoms with van der Waals surface area (Å²) in [6.07, 6.45) is 4.41. The first kappa shape index (κ1) is 17.0. The number of rotatable bonds is 8. The normalized spacial score (nSPS) is 12.1. The number of amides is 1. The summed E-state index contributed by atoms with van der Waals surface area (Å²) in [6, 6.07) is 10.6. The molecule has 1 aliphatic heterocycles. The standard InChI is InChI=1S/C19H19N3O5/c23-19(20-7-1-9-22-10-2-8-21-22)17-6-4-15(27-17)12-24-14-3-5-16-18(11-14)26-13-25-16/h2-6,8,10-11H,1,7,9,12-13H2,(H,20,23). The Kier molecular flexibility index (Phi) is 4.95. The summed E-state index contributed by atoms with van der Waals surface area (Å²) in [6.45, 7) is 1.73. The van der Waals surface area contributed by atoms with Gasteiger partial charge in [0.1, 0.15) is 18.1 Å². The van der Waals surface area contributed by atoms with E-state index in [1.165, 1.54) is 0 Å². The molecule has 0 spiro atoms. The molecule has 0 bridgehead atoms. The summed E-state index contributed by atoms with van der Waals surface area (Å²) in [5, 5.41) is 6.95. The lowest BCUT2D eigenvalue weighted by molar-refractivity contribution is 0.0921. The number of hydrogen-bond acceptors (Lipinski definition) is 6. The maximum atomic E-state index is 12.1. The Hall–Kier alpha value is -3.42. The number of fused-ring (bicyclic) bond motifs is 1. The van der Waals surface area contributed by atoms with Crippen LogP contribution < -0.4 is 19.5 Å². The molecule has 8 heteroatoms. The highest BCUT2D eigenvalue weighted by Gasteiger charge is 2.15. The summed E-state index contributed by atoms with van der Waals surface area (Å²) < 4.78 is 23.6. The molecule has 3 aromatic rings. The topological polar surface area (TPSA) is 87.8 Å². The van der Waals surface area contributed by atoms with E-state index in [1.54, 1.807) is 36.5 Å². The Balaban J connectivity index is 1.23. The summed E-state index contributed by atoms with van der Waals surface area (Å²) in [7, 11) is 0. The number of benzene rings is 1. The highest BCUT2D eigenvalue weighted by molar-refractivity contribution is 5.91. The van der Waals surface area contributed by atoms with Crippen molar-refractivity contribution in [2.75, 3.05) is 13.3 Å². The van der Waals surface area contributed by atoms with Gasteiger partial charge in [0.15, 0.2) is 17.3 Å². The van der Waals surface area contributed by atoms with Crippen LogP contribution in [0.1, 0.15) is 22.7 Å². The van der Waals surface area contributed by atoms with E-state index in [0.29, 0.717) is 29.6 Å². The number of nitrogens with zero attached hydrogens (tertiary/aromatic N) is 2. The van der Waals surface area contributed by atoms with Crippen LogP contribution in [-0.2, 0) is 13.2 Å². The largest absolute Gasteiger partial charge is 0.486 e. The Morgan fingerprint density at radius 1 is 1.22 bits per heavy atom. The highest BCUT2D eigenvalue weighted by atomic mass is 16.7. The molecule has 0 saturated heterocycles. The minimum Gasteiger partial charge on any atom is -0.486 e.